The first-order valence-electron chi connectivity index (χ1n) is 6.98. The Hall–Kier alpha value is -2.05. The van der Waals surface area contributed by atoms with E-state index in [9.17, 15) is 5.11 Å². The number of rotatable bonds is 5. The highest BCUT2D eigenvalue weighted by Crippen LogP contribution is 2.32. The summed E-state index contributed by atoms with van der Waals surface area (Å²) in [5.41, 5.74) is 0.812. The van der Waals surface area contributed by atoms with Gasteiger partial charge in [0.25, 0.3) is 0 Å². The smallest absolute Gasteiger partial charge is 0.161 e. The van der Waals surface area contributed by atoms with Crippen molar-refractivity contribution in [2.75, 3.05) is 19.8 Å². The van der Waals surface area contributed by atoms with Gasteiger partial charge in [-0.2, -0.15) is 0 Å². The van der Waals surface area contributed by atoms with E-state index in [-0.39, 0.29) is 0 Å². The van der Waals surface area contributed by atoms with Gasteiger partial charge in [0, 0.05) is 26.0 Å². The fraction of sp³-hybridized carbons (Fsp3) is 0.400. The van der Waals surface area contributed by atoms with Gasteiger partial charge in [0.2, 0.25) is 0 Å². The lowest BCUT2D eigenvalue weighted by Crippen LogP contribution is -2.23. The Balaban J connectivity index is 1.58. The third-order valence-corrected chi connectivity index (χ3v) is 3.49. The molecule has 3 rings (SSSR count). The lowest BCUT2D eigenvalue weighted by molar-refractivity contribution is 0.163. The number of aromatic nitrogens is 2. The SMILES string of the molecule is Cn1ccnc1CNCC(O)c1ccc2c(c1)OCCO2. The van der Waals surface area contributed by atoms with Crippen LogP contribution in [0.5, 0.6) is 11.5 Å². The summed E-state index contributed by atoms with van der Waals surface area (Å²) in [7, 11) is 1.95. The highest BCUT2D eigenvalue weighted by atomic mass is 16.6. The molecule has 1 aromatic carbocycles. The molecule has 0 radical (unpaired) electrons. The molecule has 1 unspecified atom stereocenters. The summed E-state index contributed by atoms with van der Waals surface area (Å²) in [5, 5.41) is 13.4. The molecule has 0 spiro atoms. The molecular weight excluding hydrogens is 270 g/mol. The predicted octanol–water partition coefficient (Wildman–Crippen LogP) is 1.01. The van der Waals surface area contributed by atoms with Crippen molar-refractivity contribution in [2.24, 2.45) is 7.05 Å². The van der Waals surface area contributed by atoms with Crippen LogP contribution in [-0.4, -0.2) is 34.4 Å². The predicted molar refractivity (Wildman–Crippen MR) is 77.3 cm³/mol. The minimum atomic E-state index is -0.596. The largest absolute Gasteiger partial charge is 0.486 e. The molecule has 0 bridgehead atoms. The zero-order valence-electron chi connectivity index (χ0n) is 12.0. The molecule has 2 heterocycles. The van der Waals surface area contributed by atoms with Gasteiger partial charge in [-0.05, 0) is 17.7 Å². The average Bonchev–Trinajstić information content (AvgIpc) is 2.92. The fourth-order valence-electron chi connectivity index (χ4n) is 2.27. The highest BCUT2D eigenvalue weighted by Gasteiger charge is 2.15. The lowest BCUT2D eigenvalue weighted by atomic mass is 10.1. The first-order valence-corrected chi connectivity index (χ1v) is 6.98. The van der Waals surface area contributed by atoms with E-state index in [1.807, 2.05) is 36.0 Å². The molecular formula is C15H19N3O3. The summed E-state index contributed by atoms with van der Waals surface area (Å²) in [6.45, 7) is 2.18. The van der Waals surface area contributed by atoms with Crippen molar-refractivity contribution in [3.8, 4) is 11.5 Å². The third-order valence-electron chi connectivity index (χ3n) is 3.49. The number of hydrogen-bond acceptors (Lipinski definition) is 5. The monoisotopic (exact) mass is 289 g/mol. The lowest BCUT2D eigenvalue weighted by Gasteiger charge is -2.20. The second kappa shape index (κ2) is 6.15. The number of aliphatic hydroxyl groups excluding tert-OH is 1. The standard InChI is InChI=1S/C15H19N3O3/c1-18-5-4-17-15(18)10-16-9-12(19)11-2-3-13-14(8-11)21-7-6-20-13/h2-5,8,12,16,19H,6-7,9-10H2,1H3. The Morgan fingerprint density at radius 2 is 2.14 bits per heavy atom. The van der Waals surface area contributed by atoms with Gasteiger partial charge < -0.3 is 24.5 Å². The van der Waals surface area contributed by atoms with Crippen LogP contribution < -0.4 is 14.8 Å². The Morgan fingerprint density at radius 1 is 1.33 bits per heavy atom. The van der Waals surface area contributed by atoms with Crippen LogP contribution in [0.4, 0.5) is 0 Å². The van der Waals surface area contributed by atoms with Crippen LogP contribution in [0.1, 0.15) is 17.5 Å². The third kappa shape index (κ3) is 3.17. The van der Waals surface area contributed by atoms with Crippen molar-refractivity contribution >= 4 is 0 Å². The Labute approximate surface area is 123 Å². The molecule has 112 valence electrons. The molecule has 1 atom stereocenters. The highest BCUT2D eigenvalue weighted by molar-refractivity contribution is 5.44. The fourth-order valence-corrected chi connectivity index (χ4v) is 2.27. The van der Waals surface area contributed by atoms with E-state index < -0.39 is 6.10 Å². The van der Waals surface area contributed by atoms with Crippen LogP contribution in [-0.2, 0) is 13.6 Å². The number of nitrogens with one attached hydrogen (secondary N) is 1. The number of nitrogens with zero attached hydrogens (tertiary/aromatic N) is 2. The first kappa shape index (κ1) is 13.9. The molecule has 1 aliphatic heterocycles. The van der Waals surface area contributed by atoms with Gasteiger partial charge in [-0.1, -0.05) is 6.07 Å². The molecule has 0 aliphatic carbocycles. The number of imidazole rings is 1. The maximum absolute atomic E-state index is 10.2. The molecule has 0 saturated carbocycles. The molecule has 21 heavy (non-hydrogen) atoms. The molecule has 0 amide bonds. The second-order valence-corrected chi connectivity index (χ2v) is 5.00. The molecule has 1 aromatic heterocycles. The molecule has 2 aromatic rings. The average molecular weight is 289 g/mol. The molecule has 1 aliphatic rings. The van der Waals surface area contributed by atoms with Crippen LogP contribution in [0.15, 0.2) is 30.6 Å². The molecule has 0 saturated heterocycles. The van der Waals surface area contributed by atoms with Crippen LogP contribution in [0.3, 0.4) is 0 Å². The van der Waals surface area contributed by atoms with Crippen LogP contribution >= 0.6 is 0 Å². The van der Waals surface area contributed by atoms with Crippen molar-refractivity contribution in [3.63, 3.8) is 0 Å². The summed E-state index contributed by atoms with van der Waals surface area (Å²) < 4.78 is 12.9. The number of ether oxygens (including phenoxy) is 2. The van der Waals surface area contributed by atoms with Crippen molar-refractivity contribution in [3.05, 3.63) is 42.0 Å². The van der Waals surface area contributed by atoms with Crippen LogP contribution in [0.2, 0.25) is 0 Å². The van der Waals surface area contributed by atoms with E-state index in [4.69, 9.17) is 9.47 Å². The number of aliphatic hydroxyl groups is 1. The Kier molecular flexibility index (Phi) is 4.08. The first-order chi connectivity index (χ1) is 10.2. The zero-order chi connectivity index (χ0) is 14.7. The minimum absolute atomic E-state index is 0.451. The zero-order valence-corrected chi connectivity index (χ0v) is 12.0. The molecule has 6 nitrogen and oxygen atoms in total. The van der Waals surface area contributed by atoms with Gasteiger partial charge in [0.05, 0.1) is 12.6 Å². The van der Waals surface area contributed by atoms with Crippen LogP contribution in [0.25, 0.3) is 0 Å². The normalized spacial score (nSPS) is 15.0. The topological polar surface area (TPSA) is 68.5 Å². The second-order valence-electron chi connectivity index (χ2n) is 5.00. The van der Waals surface area contributed by atoms with Crippen molar-refractivity contribution in [1.82, 2.24) is 14.9 Å². The van der Waals surface area contributed by atoms with E-state index in [1.54, 1.807) is 6.20 Å². The summed E-state index contributed by atoms with van der Waals surface area (Å²) in [6, 6.07) is 5.54. The maximum atomic E-state index is 10.2. The van der Waals surface area contributed by atoms with E-state index >= 15 is 0 Å². The van der Waals surface area contributed by atoms with E-state index in [2.05, 4.69) is 10.3 Å². The van der Waals surface area contributed by atoms with E-state index in [0.29, 0.717) is 32.1 Å². The minimum Gasteiger partial charge on any atom is -0.486 e. The number of hydrogen-bond donors (Lipinski definition) is 2. The van der Waals surface area contributed by atoms with Gasteiger partial charge in [0.15, 0.2) is 11.5 Å². The summed E-state index contributed by atoms with van der Waals surface area (Å²) in [4.78, 5) is 4.23. The number of benzene rings is 1. The summed E-state index contributed by atoms with van der Waals surface area (Å²) in [6.07, 6.45) is 3.06. The molecule has 2 N–H and O–H groups in total. The van der Waals surface area contributed by atoms with Gasteiger partial charge in [-0.15, -0.1) is 0 Å². The van der Waals surface area contributed by atoms with Crippen LogP contribution in [0, 0.1) is 0 Å². The van der Waals surface area contributed by atoms with Gasteiger partial charge >= 0.3 is 0 Å². The van der Waals surface area contributed by atoms with E-state index in [1.165, 1.54) is 0 Å². The Morgan fingerprint density at radius 3 is 2.90 bits per heavy atom. The Bertz CT molecular complexity index is 612. The van der Waals surface area contributed by atoms with Crippen molar-refractivity contribution < 1.29 is 14.6 Å². The van der Waals surface area contributed by atoms with Crippen molar-refractivity contribution in [2.45, 2.75) is 12.6 Å². The number of aryl methyl sites for hydroxylation is 1. The summed E-state index contributed by atoms with van der Waals surface area (Å²) in [5.74, 6) is 2.37. The quantitative estimate of drug-likeness (QED) is 0.860. The van der Waals surface area contributed by atoms with Crippen molar-refractivity contribution in [1.29, 1.82) is 0 Å². The molecule has 0 fully saturated rings. The maximum Gasteiger partial charge on any atom is 0.161 e. The van der Waals surface area contributed by atoms with Gasteiger partial charge in [-0.3, -0.25) is 0 Å². The summed E-state index contributed by atoms with van der Waals surface area (Å²) >= 11 is 0. The van der Waals surface area contributed by atoms with Gasteiger partial charge in [-0.25, -0.2) is 4.98 Å². The number of fused-ring (bicyclic) bond motifs is 1. The van der Waals surface area contributed by atoms with E-state index in [0.717, 1.165) is 17.1 Å². The van der Waals surface area contributed by atoms with Gasteiger partial charge in [0.1, 0.15) is 19.0 Å². The molecule has 6 heteroatoms.